The first kappa shape index (κ1) is 18.6. The summed E-state index contributed by atoms with van der Waals surface area (Å²) in [5.41, 5.74) is 1.35. The van der Waals surface area contributed by atoms with Gasteiger partial charge in [-0.15, -0.1) is 0 Å². The maximum atomic E-state index is 13.0. The van der Waals surface area contributed by atoms with Gasteiger partial charge in [0.2, 0.25) is 5.88 Å². The Kier molecular flexibility index (Phi) is 4.85. The van der Waals surface area contributed by atoms with Gasteiger partial charge < -0.3 is 14.0 Å². The van der Waals surface area contributed by atoms with Crippen molar-refractivity contribution in [3.63, 3.8) is 0 Å². The van der Waals surface area contributed by atoms with Gasteiger partial charge >= 0.3 is 0 Å². The molecule has 0 spiro atoms. The van der Waals surface area contributed by atoms with Crippen molar-refractivity contribution in [1.29, 1.82) is 0 Å². The third-order valence-electron chi connectivity index (χ3n) is 5.29. The van der Waals surface area contributed by atoms with E-state index in [0.29, 0.717) is 35.0 Å². The van der Waals surface area contributed by atoms with Gasteiger partial charge in [0, 0.05) is 6.61 Å². The zero-order valence-electron chi connectivity index (χ0n) is 16.3. The van der Waals surface area contributed by atoms with E-state index in [-0.39, 0.29) is 11.9 Å². The van der Waals surface area contributed by atoms with E-state index in [1.807, 2.05) is 45.0 Å². The average molecular weight is 381 g/mol. The van der Waals surface area contributed by atoms with Gasteiger partial charge in [-0.25, -0.2) is 4.98 Å². The van der Waals surface area contributed by atoms with Crippen molar-refractivity contribution in [1.82, 2.24) is 15.1 Å². The molecule has 146 valence electrons. The molecule has 0 amide bonds. The number of carbonyl (C=O) groups excluding carboxylic acids is 1. The van der Waals surface area contributed by atoms with Crippen LogP contribution in [0.2, 0.25) is 0 Å². The van der Waals surface area contributed by atoms with Crippen LogP contribution in [0.3, 0.4) is 0 Å². The SMILES string of the molecule is Cc1noc2ncnc(Oc3ccc(C(C)(C)C(=O)C4CCCCO4)cc3)c12. The zero-order chi connectivity index (χ0) is 19.7. The fourth-order valence-corrected chi connectivity index (χ4v) is 3.51. The number of rotatable bonds is 5. The molecule has 4 rings (SSSR count). The molecule has 1 unspecified atom stereocenters. The van der Waals surface area contributed by atoms with Crippen LogP contribution in [0.25, 0.3) is 11.1 Å². The van der Waals surface area contributed by atoms with E-state index in [1.165, 1.54) is 6.33 Å². The minimum atomic E-state index is -0.631. The molecule has 1 fully saturated rings. The molecule has 0 radical (unpaired) electrons. The topological polar surface area (TPSA) is 87.3 Å². The summed E-state index contributed by atoms with van der Waals surface area (Å²) in [6, 6.07) is 7.50. The van der Waals surface area contributed by atoms with Gasteiger partial charge in [-0.05, 0) is 57.7 Å². The Morgan fingerprint density at radius 2 is 1.96 bits per heavy atom. The second-order valence-corrected chi connectivity index (χ2v) is 7.60. The van der Waals surface area contributed by atoms with Crippen LogP contribution in [0.5, 0.6) is 11.6 Å². The molecule has 3 heterocycles. The third-order valence-corrected chi connectivity index (χ3v) is 5.29. The Morgan fingerprint density at radius 1 is 1.18 bits per heavy atom. The number of carbonyl (C=O) groups is 1. The number of Topliss-reactive ketones (excluding diaryl/α,β-unsaturated/α-hetero) is 1. The van der Waals surface area contributed by atoms with Crippen molar-refractivity contribution in [2.45, 2.75) is 51.6 Å². The predicted octanol–water partition coefficient (Wildman–Crippen LogP) is 4.13. The molecule has 1 saturated heterocycles. The second-order valence-electron chi connectivity index (χ2n) is 7.60. The van der Waals surface area contributed by atoms with Crippen molar-refractivity contribution < 1.29 is 18.8 Å². The highest BCUT2D eigenvalue weighted by molar-refractivity contribution is 5.93. The molecule has 7 heteroatoms. The minimum Gasteiger partial charge on any atom is -0.438 e. The van der Waals surface area contributed by atoms with E-state index >= 15 is 0 Å². The molecule has 0 aliphatic carbocycles. The van der Waals surface area contributed by atoms with Crippen LogP contribution in [-0.4, -0.2) is 33.6 Å². The second kappa shape index (κ2) is 7.31. The molecule has 0 bridgehead atoms. The largest absolute Gasteiger partial charge is 0.438 e. The number of fused-ring (bicyclic) bond motifs is 1. The Balaban J connectivity index is 1.54. The lowest BCUT2D eigenvalue weighted by atomic mass is 9.77. The van der Waals surface area contributed by atoms with Crippen molar-refractivity contribution in [2.24, 2.45) is 0 Å². The Labute approximate surface area is 163 Å². The number of ketones is 1. The fraction of sp³-hybridized carbons (Fsp3) is 0.429. The maximum absolute atomic E-state index is 13.0. The van der Waals surface area contributed by atoms with Gasteiger partial charge in [-0.2, -0.15) is 4.98 Å². The number of nitrogens with zero attached hydrogens (tertiary/aromatic N) is 3. The normalized spacial score (nSPS) is 17.6. The fourth-order valence-electron chi connectivity index (χ4n) is 3.51. The highest BCUT2D eigenvalue weighted by Crippen LogP contribution is 2.33. The Morgan fingerprint density at radius 3 is 2.68 bits per heavy atom. The highest BCUT2D eigenvalue weighted by Gasteiger charge is 2.36. The van der Waals surface area contributed by atoms with Gasteiger partial charge in [-0.3, -0.25) is 4.79 Å². The number of benzene rings is 1. The Hall–Kier alpha value is -2.80. The van der Waals surface area contributed by atoms with Gasteiger partial charge in [0.15, 0.2) is 5.78 Å². The van der Waals surface area contributed by atoms with Crippen LogP contribution in [0.1, 0.15) is 44.4 Å². The molecule has 1 aliphatic rings. The van der Waals surface area contributed by atoms with Crippen LogP contribution < -0.4 is 4.74 Å². The van der Waals surface area contributed by atoms with E-state index in [2.05, 4.69) is 15.1 Å². The van der Waals surface area contributed by atoms with Crippen molar-refractivity contribution in [2.75, 3.05) is 6.61 Å². The molecular weight excluding hydrogens is 358 g/mol. The summed E-state index contributed by atoms with van der Waals surface area (Å²) in [5, 5.41) is 4.55. The number of aryl methyl sites for hydroxylation is 1. The zero-order valence-corrected chi connectivity index (χ0v) is 16.3. The lowest BCUT2D eigenvalue weighted by molar-refractivity contribution is -0.138. The molecule has 1 aromatic carbocycles. The first-order valence-electron chi connectivity index (χ1n) is 9.48. The molecule has 0 saturated carbocycles. The van der Waals surface area contributed by atoms with Gasteiger partial charge in [0.1, 0.15) is 23.6 Å². The van der Waals surface area contributed by atoms with Crippen molar-refractivity contribution >= 4 is 16.9 Å². The third kappa shape index (κ3) is 3.38. The first-order valence-corrected chi connectivity index (χ1v) is 9.48. The monoisotopic (exact) mass is 381 g/mol. The van der Waals surface area contributed by atoms with E-state index in [1.54, 1.807) is 0 Å². The summed E-state index contributed by atoms with van der Waals surface area (Å²) < 4.78 is 16.8. The smallest absolute Gasteiger partial charge is 0.264 e. The Bertz CT molecular complexity index is 989. The van der Waals surface area contributed by atoms with Crippen LogP contribution in [0.4, 0.5) is 0 Å². The molecule has 3 aromatic rings. The molecule has 7 nitrogen and oxygen atoms in total. The van der Waals surface area contributed by atoms with E-state index in [0.717, 1.165) is 24.8 Å². The number of hydrogen-bond donors (Lipinski definition) is 0. The summed E-state index contributed by atoms with van der Waals surface area (Å²) in [5.74, 6) is 1.13. The van der Waals surface area contributed by atoms with Gasteiger partial charge in [0.25, 0.3) is 5.71 Å². The summed E-state index contributed by atoms with van der Waals surface area (Å²) in [4.78, 5) is 21.2. The maximum Gasteiger partial charge on any atom is 0.264 e. The summed E-state index contributed by atoms with van der Waals surface area (Å²) in [6.45, 7) is 6.36. The van der Waals surface area contributed by atoms with E-state index in [4.69, 9.17) is 14.0 Å². The number of aromatic nitrogens is 3. The highest BCUT2D eigenvalue weighted by atomic mass is 16.5. The van der Waals surface area contributed by atoms with Crippen LogP contribution in [0, 0.1) is 6.92 Å². The standard InChI is InChI=1S/C21H23N3O4/c1-13-17-19(22-12-23-20(17)28-24-13)27-15-9-7-14(8-10-15)21(2,3)18(25)16-6-4-5-11-26-16/h7-10,12,16H,4-6,11H2,1-3H3. The van der Waals surface area contributed by atoms with Crippen LogP contribution in [0.15, 0.2) is 35.1 Å². The summed E-state index contributed by atoms with van der Waals surface area (Å²) >= 11 is 0. The lowest BCUT2D eigenvalue weighted by Gasteiger charge is -2.31. The van der Waals surface area contributed by atoms with E-state index in [9.17, 15) is 4.79 Å². The molecule has 2 aromatic heterocycles. The van der Waals surface area contributed by atoms with Crippen LogP contribution >= 0.6 is 0 Å². The summed E-state index contributed by atoms with van der Waals surface area (Å²) in [6.07, 6.45) is 3.92. The van der Waals surface area contributed by atoms with Crippen molar-refractivity contribution in [3.8, 4) is 11.6 Å². The van der Waals surface area contributed by atoms with Gasteiger partial charge in [0.05, 0.1) is 11.1 Å². The lowest BCUT2D eigenvalue weighted by Crippen LogP contribution is -2.41. The number of ether oxygens (including phenoxy) is 2. The molecule has 1 atom stereocenters. The number of hydrogen-bond acceptors (Lipinski definition) is 7. The van der Waals surface area contributed by atoms with Gasteiger partial charge in [-0.1, -0.05) is 17.3 Å². The first-order chi connectivity index (χ1) is 13.5. The molecular formula is C21H23N3O4. The average Bonchev–Trinajstić information content (AvgIpc) is 3.10. The predicted molar refractivity (Wildman–Crippen MR) is 102 cm³/mol. The molecule has 1 aliphatic heterocycles. The van der Waals surface area contributed by atoms with Crippen LogP contribution in [-0.2, 0) is 14.9 Å². The van der Waals surface area contributed by atoms with E-state index < -0.39 is 5.41 Å². The molecule has 0 N–H and O–H groups in total. The quantitative estimate of drug-likeness (QED) is 0.656. The molecule has 28 heavy (non-hydrogen) atoms. The van der Waals surface area contributed by atoms with Crippen molar-refractivity contribution in [3.05, 3.63) is 41.9 Å². The minimum absolute atomic E-state index is 0.124. The summed E-state index contributed by atoms with van der Waals surface area (Å²) in [7, 11) is 0.